The van der Waals surface area contributed by atoms with Gasteiger partial charge in [0.15, 0.2) is 23.3 Å². The van der Waals surface area contributed by atoms with Crippen molar-refractivity contribution in [2.75, 3.05) is 0 Å². The van der Waals surface area contributed by atoms with E-state index in [-0.39, 0.29) is 0 Å². The van der Waals surface area contributed by atoms with Crippen LogP contribution in [0, 0.1) is 29.1 Å². The minimum Gasteiger partial charge on any atom is -0.390 e. The number of halogens is 5. The van der Waals surface area contributed by atoms with Crippen LogP contribution in [-0.2, 0) is 11.4 Å². The largest absolute Gasteiger partial charge is 0.390 e. The number of hydrogen-bond donors (Lipinski definition) is 0. The highest BCUT2D eigenvalue weighted by atomic mass is 19.2. The van der Waals surface area contributed by atoms with Gasteiger partial charge in [0.05, 0.1) is 11.3 Å². The molecule has 7 heteroatoms. The molecule has 0 bridgehead atoms. The minimum atomic E-state index is -2.19. The van der Waals surface area contributed by atoms with Crippen molar-refractivity contribution in [3.8, 4) is 0 Å². The Morgan fingerprint density at radius 1 is 0.950 bits per heavy atom. The van der Waals surface area contributed by atoms with Crippen LogP contribution in [0.5, 0.6) is 0 Å². The Bertz CT molecular complexity index is 554. The molecule has 2 rings (SSSR count). The normalized spacial score (nSPS) is 16.8. The van der Waals surface area contributed by atoms with E-state index < -0.39 is 41.3 Å². The molecule has 1 aliphatic carbocycles. The van der Waals surface area contributed by atoms with Crippen LogP contribution in [0.15, 0.2) is 17.3 Å². The molecule has 0 saturated carbocycles. The minimum absolute atomic E-state index is 0.556. The highest BCUT2D eigenvalue weighted by Gasteiger charge is 2.25. The molecule has 0 aliphatic heterocycles. The lowest BCUT2D eigenvalue weighted by atomic mass is 10.1. The van der Waals surface area contributed by atoms with Crippen molar-refractivity contribution in [2.45, 2.75) is 25.9 Å². The molecule has 0 fully saturated rings. The Balaban J connectivity index is 2.18. The van der Waals surface area contributed by atoms with E-state index in [2.05, 4.69) is 9.99 Å². The van der Waals surface area contributed by atoms with Crippen LogP contribution in [0.1, 0.15) is 24.8 Å². The van der Waals surface area contributed by atoms with E-state index >= 15 is 0 Å². The molecule has 0 atom stereocenters. The molecular formula is C13H10F5NO. The molecule has 1 aromatic carbocycles. The Morgan fingerprint density at radius 3 is 2.10 bits per heavy atom. The summed E-state index contributed by atoms with van der Waals surface area (Å²) in [6.07, 6.45) is 5.93. The summed E-state index contributed by atoms with van der Waals surface area (Å²) in [7, 11) is 0. The van der Waals surface area contributed by atoms with Crippen LogP contribution < -0.4 is 0 Å². The van der Waals surface area contributed by atoms with Gasteiger partial charge in [0.25, 0.3) is 0 Å². The maximum Gasteiger partial charge on any atom is 0.200 e. The van der Waals surface area contributed by atoms with E-state index in [4.69, 9.17) is 0 Å². The summed E-state index contributed by atoms with van der Waals surface area (Å²) in [4.78, 5) is 4.67. The van der Waals surface area contributed by atoms with E-state index in [9.17, 15) is 22.0 Å². The van der Waals surface area contributed by atoms with Crippen molar-refractivity contribution in [3.63, 3.8) is 0 Å². The topological polar surface area (TPSA) is 21.6 Å². The lowest BCUT2D eigenvalue weighted by Crippen LogP contribution is -2.08. The van der Waals surface area contributed by atoms with Crippen LogP contribution >= 0.6 is 0 Å². The SMILES string of the molecule is Fc1c(F)c(F)c(CO/N=C2\C=CCCC2)c(F)c1F. The van der Waals surface area contributed by atoms with E-state index in [1.165, 1.54) is 0 Å². The number of allylic oxidation sites excluding steroid dienone is 2. The van der Waals surface area contributed by atoms with Gasteiger partial charge in [0.1, 0.15) is 6.61 Å². The van der Waals surface area contributed by atoms with Gasteiger partial charge >= 0.3 is 0 Å². The first-order valence-corrected chi connectivity index (χ1v) is 5.88. The van der Waals surface area contributed by atoms with E-state index in [0.29, 0.717) is 12.1 Å². The molecule has 0 spiro atoms. The first kappa shape index (κ1) is 14.5. The Morgan fingerprint density at radius 2 is 1.55 bits per heavy atom. The van der Waals surface area contributed by atoms with Crippen LogP contribution in [0.2, 0.25) is 0 Å². The fourth-order valence-electron chi connectivity index (χ4n) is 1.74. The molecule has 0 amide bonds. The smallest absolute Gasteiger partial charge is 0.200 e. The zero-order valence-corrected chi connectivity index (χ0v) is 10.2. The highest BCUT2D eigenvalue weighted by Crippen LogP contribution is 2.23. The maximum absolute atomic E-state index is 13.3. The van der Waals surface area contributed by atoms with Gasteiger partial charge in [0.2, 0.25) is 5.82 Å². The lowest BCUT2D eigenvalue weighted by Gasteiger charge is -2.08. The molecule has 108 valence electrons. The van der Waals surface area contributed by atoms with Gasteiger partial charge in [-0.05, 0) is 25.3 Å². The third kappa shape index (κ3) is 2.81. The number of oxime groups is 1. The van der Waals surface area contributed by atoms with Gasteiger partial charge in [-0.1, -0.05) is 11.2 Å². The summed E-state index contributed by atoms with van der Waals surface area (Å²) in [5.74, 6) is -9.98. The van der Waals surface area contributed by atoms with E-state index in [1.54, 1.807) is 6.08 Å². The van der Waals surface area contributed by atoms with Crippen LogP contribution in [-0.4, -0.2) is 5.71 Å². The standard InChI is InChI=1S/C13H10F5NO/c14-9-8(10(15)12(17)13(18)11(9)16)6-20-19-7-4-2-1-3-5-7/h2,4H,1,3,5-6H2/b19-7+. The number of benzene rings is 1. The van der Waals surface area contributed by atoms with Crippen molar-refractivity contribution in [1.82, 2.24) is 0 Å². The first-order valence-electron chi connectivity index (χ1n) is 5.88. The monoisotopic (exact) mass is 291 g/mol. The fourth-order valence-corrected chi connectivity index (χ4v) is 1.74. The molecule has 0 heterocycles. The van der Waals surface area contributed by atoms with Gasteiger partial charge in [-0.2, -0.15) is 0 Å². The molecule has 0 unspecified atom stereocenters. The molecule has 20 heavy (non-hydrogen) atoms. The molecule has 0 N–H and O–H groups in total. The van der Waals surface area contributed by atoms with Crippen LogP contribution in [0.25, 0.3) is 0 Å². The Kier molecular flexibility index (Phi) is 4.36. The van der Waals surface area contributed by atoms with Gasteiger partial charge in [-0.3, -0.25) is 0 Å². The Hall–Kier alpha value is -1.92. The van der Waals surface area contributed by atoms with Crippen molar-refractivity contribution in [3.05, 3.63) is 46.8 Å². The van der Waals surface area contributed by atoms with E-state index in [1.807, 2.05) is 6.08 Å². The zero-order chi connectivity index (χ0) is 14.7. The van der Waals surface area contributed by atoms with Gasteiger partial charge in [-0.15, -0.1) is 0 Å². The molecule has 1 aliphatic rings. The number of nitrogens with zero attached hydrogens (tertiary/aromatic N) is 1. The van der Waals surface area contributed by atoms with Gasteiger partial charge in [-0.25, -0.2) is 22.0 Å². The number of rotatable bonds is 3. The quantitative estimate of drug-likeness (QED) is 0.357. The third-order valence-corrected chi connectivity index (χ3v) is 2.81. The second kappa shape index (κ2) is 6.02. The highest BCUT2D eigenvalue weighted by molar-refractivity contribution is 5.95. The molecule has 0 aromatic heterocycles. The molecule has 2 nitrogen and oxygen atoms in total. The molecular weight excluding hydrogens is 281 g/mol. The predicted molar refractivity (Wildman–Crippen MR) is 61.4 cm³/mol. The summed E-state index contributed by atoms with van der Waals surface area (Å²) >= 11 is 0. The maximum atomic E-state index is 13.3. The van der Waals surface area contributed by atoms with Crippen molar-refractivity contribution >= 4 is 5.71 Å². The average molecular weight is 291 g/mol. The van der Waals surface area contributed by atoms with Crippen LogP contribution in [0.4, 0.5) is 22.0 Å². The second-order valence-corrected chi connectivity index (χ2v) is 4.20. The molecule has 0 saturated heterocycles. The summed E-state index contributed by atoms with van der Waals surface area (Å²) < 4.78 is 65.3. The molecule has 1 aromatic rings. The summed E-state index contributed by atoms with van der Waals surface area (Å²) in [5, 5.41) is 3.60. The average Bonchev–Trinajstić information content (AvgIpc) is 2.48. The summed E-state index contributed by atoms with van der Waals surface area (Å²) in [6, 6.07) is 0. The van der Waals surface area contributed by atoms with Gasteiger partial charge < -0.3 is 4.84 Å². The zero-order valence-electron chi connectivity index (χ0n) is 10.2. The first-order chi connectivity index (χ1) is 9.52. The second-order valence-electron chi connectivity index (χ2n) is 4.20. The third-order valence-electron chi connectivity index (χ3n) is 2.81. The fraction of sp³-hybridized carbons (Fsp3) is 0.308. The number of hydrogen-bond acceptors (Lipinski definition) is 2. The summed E-state index contributed by atoms with van der Waals surface area (Å²) in [6.45, 7) is -0.830. The van der Waals surface area contributed by atoms with Gasteiger partial charge in [0, 0.05) is 0 Å². The van der Waals surface area contributed by atoms with Crippen LogP contribution in [0.3, 0.4) is 0 Å². The molecule has 0 radical (unpaired) electrons. The lowest BCUT2D eigenvalue weighted by molar-refractivity contribution is 0.122. The Labute approximate surface area is 111 Å². The van der Waals surface area contributed by atoms with Crippen molar-refractivity contribution < 1.29 is 26.8 Å². The summed E-state index contributed by atoms with van der Waals surface area (Å²) in [5.41, 5.74) is -0.481. The van der Waals surface area contributed by atoms with E-state index in [0.717, 1.165) is 12.8 Å². The van der Waals surface area contributed by atoms with Crippen molar-refractivity contribution in [2.24, 2.45) is 5.16 Å². The predicted octanol–water partition coefficient (Wildman–Crippen LogP) is 3.99. The van der Waals surface area contributed by atoms with Crippen molar-refractivity contribution in [1.29, 1.82) is 0 Å².